The first-order valence-corrected chi connectivity index (χ1v) is 3.78. The molecule has 72 valence electrons. The molecule has 0 aromatic carbocycles. The molecule has 0 fully saturated rings. The van der Waals surface area contributed by atoms with Crippen LogP contribution in [0.25, 0.3) is 10.4 Å². The van der Waals surface area contributed by atoms with Crippen LogP contribution < -0.4 is 11.1 Å². The third kappa shape index (κ3) is 4.84. The van der Waals surface area contributed by atoms with Crippen molar-refractivity contribution in [2.45, 2.75) is 13.0 Å². The highest BCUT2D eigenvalue weighted by atomic mass is 16.1. The molecule has 6 nitrogen and oxygen atoms in total. The number of amides is 1. The second kappa shape index (κ2) is 6.05. The predicted molar refractivity (Wildman–Crippen MR) is 49.8 cm³/mol. The van der Waals surface area contributed by atoms with Crippen LogP contribution in [-0.2, 0) is 4.79 Å². The third-order valence-corrected chi connectivity index (χ3v) is 1.40. The summed E-state index contributed by atoms with van der Waals surface area (Å²) in [5.41, 5.74) is 13.7. The zero-order valence-electron chi connectivity index (χ0n) is 7.53. The molecule has 0 aromatic rings. The molecule has 13 heavy (non-hydrogen) atoms. The Morgan fingerprint density at radius 3 is 2.85 bits per heavy atom. The summed E-state index contributed by atoms with van der Waals surface area (Å²) in [6, 6.07) is -0.547. The van der Waals surface area contributed by atoms with E-state index < -0.39 is 11.9 Å². The first-order valence-electron chi connectivity index (χ1n) is 3.78. The number of rotatable bonds is 6. The highest BCUT2D eigenvalue weighted by Crippen LogP contribution is 1.95. The van der Waals surface area contributed by atoms with Crippen molar-refractivity contribution in [1.29, 1.82) is 0 Å². The van der Waals surface area contributed by atoms with Crippen LogP contribution in [0.2, 0.25) is 0 Å². The molecule has 0 spiro atoms. The molecule has 6 heteroatoms. The number of carbonyl (C=O) groups is 1. The minimum atomic E-state index is -0.547. The van der Waals surface area contributed by atoms with Crippen LogP contribution in [0.4, 0.5) is 0 Å². The summed E-state index contributed by atoms with van der Waals surface area (Å²) in [4.78, 5) is 13.4. The van der Waals surface area contributed by atoms with Gasteiger partial charge in [-0.3, -0.25) is 4.79 Å². The molecule has 0 bridgehead atoms. The molecule has 0 aromatic heterocycles. The van der Waals surface area contributed by atoms with E-state index in [1.165, 1.54) is 0 Å². The second-order valence-electron chi connectivity index (χ2n) is 2.59. The van der Waals surface area contributed by atoms with E-state index in [9.17, 15) is 4.79 Å². The topological polar surface area (TPSA) is 104 Å². The summed E-state index contributed by atoms with van der Waals surface area (Å²) < 4.78 is 0. The molecule has 1 amide bonds. The molecule has 0 saturated carbocycles. The lowest BCUT2D eigenvalue weighted by Gasteiger charge is -2.13. The van der Waals surface area contributed by atoms with Crippen LogP contribution in [0.3, 0.4) is 0 Å². The molecule has 0 radical (unpaired) electrons. The fraction of sp³-hybridized carbons (Fsp3) is 0.571. The van der Waals surface area contributed by atoms with Gasteiger partial charge in [-0.2, -0.15) is 0 Å². The van der Waals surface area contributed by atoms with Gasteiger partial charge >= 0.3 is 0 Å². The molecule has 0 saturated heterocycles. The van der Waals surface area contributed by atoms with E-state index in [1.54, 1.807) is 6.92 Å². The third-order valence-electron chi connectivity index (χ3n) is 1.40. The van der Waals surface area contributed by atoms with Gasteiger partial charge in [0.25, 0.3) is 0 Å². The molecule has 1 unspecified atom stereocenters. The van der Waals surface area contributed by atoms with E-state index in [0.29, 0.717) is 12.1 Å². The van der Waals surface area contributed by atoms with E-state index in [4.69, 9.17) is 11.3 Å². The normalized spacial score (nSPS) is 11.5. The molecule has 0 rings (SSSR count). The van der Waals surface area contributed by atoms with Crippen molar-refractivity contribution in [3.05, 3.63) is 22.6 Å². The van der Waals surface area contributed by atoms with E-state index >= 15 is 0 Å². The molecule has 0 aliphatic heterocycles. The fourth-order valence-electron chi connectivity index (χ4n) is 0.821. The van der Waals surface area contributed by atoms with Gasteiger partial charge < -0.3 is 11.1 Å². The van der Waals surface area contributed by atoms with Crippen molar-refractivity contribution >= 4 is 5.91 Å². The summed E-state index contributed by atoms with van der Waals surface area (Å²) in [7, 11) is 0. The maximum absolute atomic E-state index is 10.8. The second-order valence-corrected chi connectivity index (χ2v) is 2.59. The monoisotopic (exact) mass is 183 g/mol. The molecule has 0 aliphatic carbocycles. The Labute approximate surface area is 76.4 Å². The van der Waals surface area contributed by atoms with Crippen LogP contribution in [-0.4, -0.2) is 25.0 Å². The molecule has 0 heterocycles. The Bertz CT molecular complexity index is 229. The van der Waals surface area contributed by atoms with E-state index in [0.717, 1.165) is 0 Å². The predicted octanol–water partition coefficient (Wildman–Crippen LogP) is 0.316. The lowest BCUT2D eigenvalue weighted by Crippen LogP contribution is -2.42. The Morgan fingerprint density at radius 1 is 1.85 bits per heavy atom. The van der Waals surface area contributed by atoms with Crippen molar-refractivity contribution in [3.63, 3.8) is 0 Å². The number of nitrogens with two attached hydrogens (primary N) is 1. The number of primary amides is 1. The smallest absolute Gasteiger partial charge is 0.238 e. The fourth-order valence-corrected chi connectivity index (χ4v) is 0.821. The van der Waals surface area contributed by atoms with Crippen molar-refractivity contribution in [3.8, 4) is 0 Å². The zero-order valence-corrected chi connectivity index (χ0v) is 7.53. The lowest BCUT2D eigenvalue weighted by molar-refractivity contribution is -0.119. The molecular weight excluding hydrogens is 170 g/mol. The number of azide groups is 1. The Kier molecular flexibility index (Phi) is 5.34. The van der Waals surface area contributed by atoms with Crippen LogP contribution in [0.15, 0.2) is 17.3 Å². The Hall–Kier alpha value is -1.52. The van der Waals surface area contributed by atoms with Crippen molar-refractivity contribution in [2.24, 2.45) is 10.8 Å². The minimum absolute atomic E-state index is 0.285. The van der Waals surface area contributed by atoms with Gasteiger partial charge in [0.1, 0.15) is 6.04 Å². The van der Waals surface area contributed by atoms with Gasteiger partial charge in [0.15, 0.2) is 0 Å². The lowest BCUT2D eigenvalue weighted by atomic mass is 10.1. The SMILES string of the molecule is C=C(C)C(NCCN=[N+]=[N-])C(N)=O. The van der Waals surface area contributed by atoms with E-state index in [2.05, 4.69) is 21.9 Å². The standard InChI is InChI=1S/C7H13N5O/c1-5(2)6(7(8)13)10-3-4-11-12-9/h6,10H,1,3-4H2,2H3,(H2,8,13). The number of nitrogens with zero attached hydrogens (tertiary/aromatic N) is 3. The number of hydrogen-bond acceptors (Lipinski definition) is 3. The average Bonchev–Trinajstić information content (AvgIpc) is 2.02. The summed E-state index contributed by atoms with van der Waals surface area (Å²) in [5, 5.41) is 6.11. The molecule has 0 aliphatic rings. The summed E-state index contributed by atoms with van der Waals surface area (Å²) in [6.07, 6.45) is 0. The van der Waals surface area contributed by atoms with Gasteiger partial charge in [-0.15, -0.1) is 0 Å². The largest absolute Gasteiger partial charge is 0.368 e. The maximum atomic E-state index is 10.8. The van der Waals surface area contributed by atoms with Gasteiger partial charge in [-0.25, -0.2) is 0 Å². The first-order chi connectivity index (χ1) is 6.09. The van der Waals surface area contributed by atoms with Crippen LogP contribution in [0.5, 0.6) is 0 Å². The number of hydrogen-bond donors (Lipinski definition) is 2. The van der Waals surface area contributed by atoms with Gasteiger partial charge in [0.2, 0.25) is 5.91 Å². The quantitative estimate of drug-likeness (QED) is 0.203. The van der Waals surface area contributed by atoms with E-state index in [1.807, 2.05) is 0 Å². The first kappa shape index (κ1) is 11.5. The van der Waals surface area contributed by atoms with Gasteiger partial charge in [0.05, 0.1) is 0 Å². The summed E-state index contributed by atoms with van der Waals surface area (Å²) in [5.74, 6) is -0.478. The highest BCUT2D eigenvalue weighted by molar-refractivity contribution is 5.82. The summed E-state index contributed by atoms with van der Waals surface area (Å²) >= 11 is 0. The minimum Gasteiger partial charge on any atom is -0.368 e. The highest BCUT2D eigenvalue weighted by Gasteiger charge is 2.13. The molecule has 3 N–H and O–H groups in total. The van der Waals surface area contributed by atoms with Crippen molar-refractivity contribution in [1.82, 2.24) is 5.32 Å². The molecular formula is C7H13N5O. The summed E-state index contributed by atoms with van der Waals surface area (Å²) in [6.45, 7) is 6.01. The number of nitrogens with one attached hydrogen (secondary N) is 1. The van der Waals surface area contributed by atoms with Crippen LogP contribution in [0, 0.1) is 0 Å². The van der Waals surface area contributed by atoms with Crippen LogP contribution >= 0.6 is 0 Å². The van der Waals surface area contributed by atoms with Gasteiger partial charge in [-0.05, 0) is 12.5 Å². The number of carbonyl (C=O) groups excluding carboxylic acids is 1. The Balaban J connectivity index is 3.90. The average molecular weight is 183 g/mol. The zero-order chi connectivity index (χ0) is 10.3. The Morgan fingerprint density at radius 2 is 2.46 bits per heavy atom. The van der Waals surface area contributed by atoms with Crippen LogP contribution in [0.1, 0.15) is 6.92 Å². The van der Waals surface area contributed by atoms with Crippen molar-refractivity contribution < 1.29 is 4.79 Å². The van der Waals surface area contributed by atoms with Gasteiger partial charge in [-0.1, -0.05) is 17.3 Å². The molecule has 1 atom stereocenters. The van der Waals surface area contributed by atoms with Crippen molar-refractivity contribution in [2.75, 3.05) is 13.1 Å². The maximum Gasteiger partial charge on any atom is 0.238 e. The van der Waals surface area contributed by atoms with Gasteiger partial charge in [0, 0.05) is 18.0 Å². The van der Waals surface area contributed by atoms with E-state index in [-0.39, 0.29) is 6.54 Å².